The lowest BCUT2D eigenvalue weighted by molar-refractivity contribution is -0.383. The largest absolute Gasteiger partial charge is 0.350 e. The van der Waals surface area contributed by atoms with Gasteiger partial charge in [0.05, 0.1) is 11.5 Å². The van der Waals surface area contributed by atoms with Gasteiger partial charge in [-0.1, -0.05) is 24.3 Å². The molecule has 0 bridgehead atoms. The van der Waals surface area contributed by atoms with E-state index in [1.807, 2.05) is 47.8 Å². The molecule has 1 heterocycles. The molecule has 0 saturated carbocycles. The van der Waals surface area contributed by atoms with E-state index in [-0.39, 0.29) is 17.2 Å². The Morgan fingerprint density at radius 2 is 1.92 bits per heavy atom. The highest BCUT2D eigenvalue weighted by Crippen LogP contribution is 2.29. The molecule has 0 atom stereocenters. The fraction of sp³-hybridized carbons (Fsp3) is 0.105. The molecule has 0 unspecified atom stereocenters. The molecular formula is C19H17N3O3S. The lowest BCUT2D eigenvalue weighted by Gasteiger charge is -2.16. The first-order chi connectivity index (χ1) is 12.5. The Balaban J connectivity index is 1.83. The summed E-state index contributed by atoms with van der Waals surface area (Å²) in [5, 5.41) is 16.4. The lowest BCUT2D eigenvalue weighted by atomic mass is 10.1. The molecule has 132 valence electrons. The number of hydrogen-bond acceptors (Lipinski definition) is 5. The smallest absolute Gasteiger partial charge is 0.293 e. The van der Waals surface area contributed by atoms with Gasteiger partial charge in [-0.05, 0) is 35.7 Å². The minimum Gasteiger partial charge on any atom is -0.350 e. The minimum absolute atomic E-state index is 0.135. The number of amides is 1. The molecule has 0 aliphatic heterocycles. The zero-order valence-corrected chi connectivity index (χ0v) is 14.9. The molecule has 3 aromatic rings. The number of hydrogen-bond donors (Lipinski definition) is 1. The number of nitro benzene ring substituents is 1. The number of carbonyl (C=O) groups excluding carboxylic acids is 1. The summed E-state index contributed by atoms with van der Waals surface area (Å²) in [6, 6.07) is 17.5. The fourth-order valence-corrected chi connectivity index (χ4v) is 3.28. The molecule has 1 aromatic heterocycles. The van der Waals surface area contributed by atoms with Gasteiger partial charge in [0.25, 0.3) is 11.6 Å². The van der Waals surface area contributed by atoms with Gasteiger partial charge in [0, 0.05) is 29.2 Å². The summed E-state index contributed by atoms with van der Waals surface area (Å²) in [4.78, 5) is 26.2. The topological polar surface area (TPSA) is 75.5 Å². The third kappa shape index (κ3) is 4.07. The molecule has 1 N–H and O–H groups in total. The summed E-state index contributed by atoms with van der Waals surface area (Å²) in [6.45, 7) is 0.467. The SMILES string of the molecule is CN(Cc1cccs1)C(=O)c1ccc(Nc2ccccc2)c([N+](=O)[O-])c1. The van der Waals surface area contributed by atoms with E-state index < -0.39 is 4.92 Å². The van der Waals surface area contributed by atoms with Crippen molar-refractivity contribution >= 4 is 34.3 Å². The van der Waals surface area contributed by atoms with E-state index in [4.69, 9.17) is 0 Å². The quantitative estimate of drug-likeness (QED) is 0.507. The van der Waals surface area contributed by atoms with Crippen LogP contribution in [0.1, 0.15) is 15.2 Å². The summed E-state index contributed by atoms with van der Waals surface area (Å²) in [5.74, 6) is -0.257. The van der Waals surface area contributed by atoms with E-state index in [1.54, 1.807) is 35.4 Å². The van der Waals surface area contributed by atoms with Crippen molar-refractivity contribution < 1.29 is 9.72 Å². The second kappa shape index (κ2) is 7.79. The summed E-state index contributed by atoms with van der Waals surface area (Å²) in [5.41, 5.74) is 1.24. The van der Waals surface area contributed by atoms with Crippen molar-refractivity contribution in [1.82, 2.24) is 4.90 Å². The van der Waals surface area contributed by atoms with Crippen LogP contribution in [0.2, 0.25) is 0 Å². The molecule has 0 aliphatic carbocycles. The molecule has 6 nitrogen and oxygen atoms in total. The van der Waals surface area contributed by atoms with Crippen LogP contribution < -0.4 is 5.32 Å². The van der Waals surface area contributed by atoms with Crippen molar-refractivity contribution in [2.45, 2.75) is 6.54 Å². The Labute approximate surface area is 154 Å². The van der Waals surface area contributed by atoms with E-state index in [0.29, 0.717) is 12.2 Å². The average Bonchev–Trinajstić information content (AvgIpc) is 3.15. The molecule has 2 aromatic carbocycles. The fourth-order valence-electron chi connectivity index (χ4n) is 2.53. The first-order valence-electron chi connectivity index (χ1n) is 7.93. The predicted molar refractivity (Wildman–Crippen MR) is 103 cm³/mol. The molecule has 3 rings (SSSR count). The molecule has 0 radical (unpaired) electrons. The van der Waals surface area contributed by atoms with Crippen LogP contribution in [0.25, 0.3) is 0 Å². The van der Waals surface area contributed by atoms with Gasteiger partial charge in [-0.3, -0.25) is 14.9 Å². The van der Waals surface area contributed by atoms with Gasteiger partial charge in [-0.25, -0.2) is 0 Å². The van der Waals surface area contributed by atoms with Crippen molar-refractivity contribution in [3.05, 3.63) is 86.6 Å². The maximum Gasteiger partial charge on any atom is 0.293 e. The molecule has 26 heavy (non-hydrogen) atoms. The molecule has 0 spiro atoms. The summed E-state index contributed by atoms with van der Waals surface area (Å²) >= 11 is 1.56. The van der Waals surface area contributed by atoms with Gasteiger partial charge in [-0.2, -0.15) is 0 Å². The first-order valence-corrected chi connectivity index (χ1v) is 8.81. The Kier molecular flexibility index (Phi) is 5.28. The van der Waals surface area contributed by atoms with Gasteiger partial charge in [0.2, 0.25) is 0 Å². The molecule has 0 saturated heterocycles. The van der Waals surface area contributed by atoms with Gasteiger partial charge >= 0.3 is 0 Å². The number of nitrogens with zero attached hydrogens (tertiary/aromatic N) is 2. The van der Waals surface area contributed by atoms with Crippen molar-refractivity contribution in [3.8, 4) is 0 Å². The lowest BCUT2D eigenvalue weighted by Crippen LogP contribution is -2.25. The number of nitrogens with one attached hydrogen (secondary N) is 1. The van der Waals surface area contributed by atoms with E-state index >= 15 is 0 Å². The first kappa shape index (κ1) is 17.6. The van der Waals surface area contributed by atoms with Crippen LogP contribution >= 0.6 is 11.3 Å². The van der Waals surface area contributed by atoms with E-state index in [0.717, 1.165) is 10.6 Å². The second-order valence-electron chi connectivity index (χ2n) is 5.72. The molecule has 0 fully saturated rings. The number of anilines is 2. The number of thiophene rings is 1. The Morgan fingerprint density at radius 1 is 1.15 bits per heavy atom. The van der Waals surface area contributed by atoms with Crippen LogP contribution in [-0.2, 0) is 6.54 Å². The van der Waals surface area contributed by atoms with Crippen LogP contribution in [0.15, 0.2) is 66.0 Å². The summed E-state index contributed by atoms with van der Waals surface area (Å²) < 4.78 is 0. The van der Waals surface area contributed by atoms with Crippen molar-refractivity contribution in [1.29, 1.82) is 0 Å². The third-order valence-electron chi connectivity index (χ3n) is 3.81. The Bertz CT molecular complexity index is 911. The van der Waals surface area contributed by atoms with Crippen molar-refractivity contribution in [2.75, 3.05) is 12.4 Å². The molecule has 1 amide bonds. The maximum atomic E-state index is 12.6. The molecule has 0 aliphatic rings. The van der Waals surface area contributed by atoms with Crippen LogP contribution in [0.5, 0.6) is 0 Å². The van der Waals surface area contributed by atoms with Crippen LogP contribution in [0.3, 0.4) is 0 Å². The number of para-hydroxylation sites is 1. The zero-order valence-electron chi connectivity index (χ0n) is 14.1. The highest BCUT2D eigenvalue weighted by molar-refractivity contribution is 7.09. The van der Waals surface area contributed by atoms with Crippen LogP contribution in [0, 0.1) is 10.1 Å². The van der Waals surface area contributed by atoms with Gasteiger partial charge in [-0.15, -0.1) is 11.3 Å². The number of benzene rings is 2. The number of rotatable bonds is 6. The Hall–Kier alpha value is -3.19. The number of nitro groups is 1. The monoisotopic (exact) mass is 367 g/mol. The normalized spacial score (nSPS) is 10.3. The maximum absolute atomic E-state index is 12.6. The summed E-state index contributed by atoms with van der Waals surface area (Å²) in [6.07, 6.45) is 0. The van der Waals surface area contributed by atoms with Gasteiger partial charge in [0.15, 0.2) is 0 Å². The Morgan fingerprint density at radius 3 is 2.58 bits per heavy atom. The summed E-state index contributed by atoms with van der Waals surface area (Å²) in [7, 11) is 1.68. The van der Waals surface area contributed by atoms with E-state index in [9.17, 15) is 14.9 Å². The highest BCUT2D eigenvalue weighted by atomic mass is 32.1. The number of carbonyl (C=O) groups is 1. The average molecular weight is 367 g/mol. The van der Waals surface area contributed by atoms with E-state index in [1.165, 1.54) is 6.07 Å². The second-order valence-corrected chi connectivity index (χ2v) is 6.75. The van der Waals surface area contributed by atoms with Crippen LogP contribution in [-0.4, -0.2) is 22.8 Å². The van der Waals surface area contributed by atoms with Crippen LogP contribution in [0.4, 0.5) is 17.1 Å². The molecular weight excluding hydrogens is 350 g/mol. The van der Waals surface area contributed by atoms with Crippen molar-refractivity contribution in [2.24, 2.45) is 0 Å². The van der Waals surface area contributed by atoms with Gasteiger partial charge in [0.1, 0.15) is 5.69 Å². The third-order valence-corrected chi connectivity index (χ3v) is 4.68. The zero-order chi connectivity index (χ0) is 18.5. The molecule has 7 heteroatoms. The van der Waals surface area contributed by atoms with Gasteiger partial charge < -0.3 is 10.2 Å². The standard InChI is InChI=1S/C19H17N3O3S/c1-21(13-16-8-5-11-26-16)19(23)14-9-10-17(18(12-14)22(24)25)20-15-6-3-2-4-7-15/h2-12,20H,13H2,1H3. The van der Waals surface area contributed by atoms with Crippen molar-refractivity contribution in [3.63, 3.8) is 0 Å². The van der Waals surface area contributed by atoms with E-state index in [2.05, 4.69) is 5.32 Å². The minimum atomic E-state index is -0.485. The predicted octanol–water partition coefficient (Wildman–Crippen LogP) is 4.67. The highest BCUT2D eigenvalue weighted by Gasteiger charge is 2.20.